The molecule has 0 saturated carbocycles. The third kappa shape index (κ3) is 1.70. The zero-order valence-corrected chi connectivity index (χ0v) is 7.91. The van der Waals surface area contributed by atoms with Crippen LogP contribution in [0.5, 0.6) is 0 Å². The van der Waals surface area contributed by atoms with Crippen molar-refractivity contribution >= 4 is 34.7 Å². The number of hydrogen-bond donors (Lipinski definition) is 0. The van der Waals surface area contributed by atoms with E-state index in [4.69, 9.17) is 23.2 Å². The van der Waals surface area contributed by atoms with Crippen molar-refractivity contribution < 1.29 is 4.79 Å². The normalized spacial score (nSPS) is 9.25. The summed E-state index contributed by atoms with van der Waals surface area (Å²) in [5.74, 6) is 1.76. The van der Waals surface area contributed by atoms with Crippen molar-refractivity contribution in [2.45, 2.75) is 6.92 Å². The quantitative estimate of drug-likeness (QED) is 0.637. The Kier molecular flexibility index (Phi) is 2.93. The van der Waals surface area contributed by atoms with E-state index in [1.165, 1.54) is 0 Å². The lowest BCUT2D eigenvalue weighted by molar-refractivity contribution is 0.569. The van der Waals surface area contributed by atoms with Gasteiger partial charge < -0.3 is 0 Å². The Morgan fingerprint density at radius 2 is 1.83 bits per heavy atom. The van der Waals surface area contributed by atoms with Crippen molar-refractivity contribution in [3.05, 3.63) is 33.8 Å². The highest BCUT2D eigenvalue weighted by atomic mass is 35.5. The zero-order valence-electron chi connectivity index (χ0n) is 6.40. The second-order valence-electron chi connectivity index (χ2n) is 2.32. The van der Waals surface area contributed by atoms with E-state index in [2.05, 4.69) is 0 Å². The standard InChI is InChI=1S/C9H6Cl2O/c1-6(5-12)9-7(10)3-2-4-8(9)11/h2-4H,1H3. The Morgan fingerprint density at radius 3 is 2.25 bits per heavy atom. The molecule has 0 heterocycles. The maximum atomic E-state index is 10.3. The fraction of sp³-hybridized carbons (Fsp3) is 0.111. The molecule has 3 heteroatoms. The summed E-state index contributed by atoms with van der Waals surface area (Å²) in [6.07, 6.45) is 0. The van der Waals surface area contributed by atoms with Gasteiger partial charge in [0.25, 0.3) is 0 Å². The Labute approximate surface area is 80.6 Å². The molecule has 12 heavy (non-hydrogen) atoms. The first-order valence-electron chi connectivity index (χ1n) is 3.33. The number of rotatable bonds is 1. The summed E-state index contributed by atoms with van der Waals surface area (Å²) in [5, 5.41) is 0.951. The van der Waals surface area contributed by atoms with Gasteiger partial charge >= 0.3 is 0 Å². The molecule has 1 aromatic carbocycles. The van der Waals surface area contributed by atoms with E-state index in [9.17, 15) is 4.79 Å². The topological polar surface area (TPSA) is 17.1 Å². The van der Waals surface area contributed by atoms with Crippen LogP contribution in [-0.2, 0) is 4.79 Å². The number of hydrogen-bond acceptors (Lipinski definition) is 1. The summed E-state index contributed by atoms with van der Waals surface area (Å²) in [5.41, 5.74) is 0.987. The summed E-state index contributed by atoms with van der Waals surface area (Å²) in [7, 11) is 0. The summed E-state index contributed by atoms with van der Waals surface area (Å²) < 4.78 is 0. The van der Waals surface area contributed by atoms with Crippen molar-refractivity contribution in [3.8, 4) is 0 Å². The molecule has 0 bridgehead atoms. The largest absolute Gasteiger partial charge is 0.233 e. The Bertz CT molecular complexity index is 331. The van der Waals surface area contributed by atoms with Gasteiger partial charge in [-0.25, -0.2) is 4.79 Å². The van der Waals surface area contributed by atoms with Gasteiger partial charge in [0.2, 0.25) is 0 Å². The second-order valence-corrected chi connectivity index (χ2v) is 3.14. The van der Waals surface area contributed by atoms with Gasteiger partial charge in [0.1, 0.15) is 5.94 Å². The van der Waals surface area contributed by atoms with Gasteiger partial charge in [-0.2, -0.15) is 0 Å². The molecule has 0 atom stereocenters. The molecule has 0 spiro atoms. The smallest absolute Gasteiger partial charge is 0.128 e. The molecule has 0 aliphatic carbocycles. The van der Waals surface area contributed by atoms with Crippen molar-refractivity contribution in [2.24, 2.45) is 0 Å². The summed E-state index contributed by atoms with van der Waals surface area (Å²) in [4.78, 5) is 10.3. The monoisotopic (exact) mass is 200 g/mol. The molecule has 0 amide bonds. The SMILES string of the molecule is CC(=C=O)c1c(Cl)cccc1Cl. The Hall–Kier alpha value is -0.750. The van der Waals surface area contributed by atoms with Crippen molar-refractivity contribution in [2.75, 3.05) is 0 Å². The summed E-state index contributed by atoms with van der Waals surface area (Å²) in [6.45, 7) is 1.63. The van der Waals surface area contributed by atoms with Gasteiger partial charge in [0, 0.05) is 11.1 Å². The van der Waals surface area contributed by atoms with Crippen LogP contribution >= 0.6 is 23.2 Å². The lowest BCUT2D eigenvalue weighted by atomic mass is 10.1. The second kappa shape index (κ2) is 3.77. The molecule has 0 radical (unpaired) electrons. The fourth-order valence-corrected chi connectivity index (χ4v) is 1.59. The van der Waals surface area contributed by atoms with E-state index in [-0.39, 0.29) is 0 Å². The van der Waals surface area contributed by atoms with Crippen LogP contribution in [0.3, 0.4) is 0 Å². The molecule has 1 nitrogen and oxygen atoms in total. The van der Waals surface area contributed by atoms with Crippen molar-refractivity contribution in [3.63, 3.8) is 0 Å². The molecule has 0 fully saturated rings. The van der Waals surface area contributed by atoms with Gasteiger partial charge in [0.15, 0.2) is 0 Å². The van der Waals surface area contributed by atoms with Crippen molar-refractivity contribution in [1.29, 1.82) is 0 Å². The van der Waals surface area contributed by atoms with Gasteiger partial charge in [-0.15, -0.1) is 0 Å². The Morgan fingerprint density at radius 1 is 1.33 bits per heavy atom. The minimum absolute atomic E-state index is 0.422. The predicted molar refractivity (Wildman–Crippen MR) is 51.2 cm³/mol. The minimum Gasteiger partial charge on any atom is -0.233 e. The van der Waals surface area contributed by atoms with Crippen LogP contribution in [0.4, 0.5) is 0 Å². The van der Waals surface area contributed by atoms with Gasteiger partial charge in [-0.05, 0) is 19.1 Å². The van der Waals surface area contributed by atoms with E-state index in [1.807, 2.05) is 0 Å². The number of carbonyl (C=O) groups excluding carboxylic acids is 1. The third-order valence-corrected chi connectivity index (χ3v) is 2.12. The fourth-order valence-electron chi connectivity index (χ4n) is 0.907. The van der Waals surface area contributed by atoms with Crippen LogP contribution in [0.1, 0.15) is 12.5 Å². The van der Waals surface area contributed by atoms with Crippen LogP contribution < -0.4 is 0 Å². The minimum atomic E-state index is 0.422. The highest BCUT2D eigenvalue weighted by Gasteiger charge is 2.06. The van der Waals surface area contributed by atoms with Crippen LogP contribution in [-0.4, -0.2) is 5.94 Å². The van der Waals surface area contributed by atoms with Crippen LogP contribution in [0.2, 0.25) is 10.0 Å². The van der Waals surface area contributed by atoms with Gasteiger partial charge in [-0.3, -0.25) is 0 Å². The molecular weight excluding hydrogens is 195 g/mol. The van der Waals surface area contributed by atoms with Crippen LogP contribution in [0.25, 0.3) is 5.57 Å². The van der Waals surface area contributed by atoms with E-state index >= 15 is 0 Å². The lowest BCUT2D eigenvalue weighted by Crippen LogP contribution is -1.83. The van der Waals surface area contributed by atoms with Crippen LogP contribution in [0, 0.1) is 0 Å². The molecule has 0 N–H and O–H groups in total. The molecule has 1 rings (SSSR count). The van der Waals surface area contributed by atoms with E-state index in [0.717, 1.165) is 0 Å². The maximum absolute atomic E-state index is 10.3. The lowest BCUT2D eigenvalue weighted by Gasteiger charge is -2.02. The molecule has 0 aromatic heterocycles. The van der Waals surface area contributed by atoms with Crippen LogP contribution in [0.15, 0.2) is 18.2 Å². The summed E-state index contributed by atoms with van der Waals surface area (Å²) in [6, 6.07) is 5.10. The first-order chi connectivity index (χ1) is 5.66. The van der Waals surface area contributed by atoms with E-state index in [0.29, 0.717) is 21.2 Å². The zero-order chi connectivity index (χ0) is 9.14. The van der Waals surface area contributed by atoms with Gasteiger partial charge in [-0.1, -0.05) is 29.3 Å². The summed E-state index contributed by atoms with van der Waals surface area (Å²) >= 11 is 11.6. The molecule has 0 unspecified atom stereocenters. The highest BCUT2D eigenvalue weighted by molar-refractivity contribution is 6.38. The predicted octanol–water partition coefficient (Wildman–Crippen LogP) is 3.23. The van der Waals surface area contributed by atoms with E-state index in [1.54, 1.807) is 31.1 Å². The van der Waals surface area contributed by atoms with Crippen molar-refractivity contribution in [1.82, 2.24) is 0 Å². The molecule has 0 aliphatic heterocycles. The first kappa shape index (κ1) is 9.34. The average molecular weight is 201 g/mol. The van der Waals surface area contributed by atoms with Gasteiger partial charge in [0.05, 0.1) is 10.0 Å². The first-order valence-corrected chi connectivity index (χ1v) is 4.08. The maximum Gasteiger partial charge on any atom is 0.128 e. The molecule has 0 saturated heterocycles. The molecule has 62 valence electrons. The number of benzene rings is 1. The van der Waals surface area contributed by atoms with E-state index < -0.39 is 0 Å². The highest BCUT2D eigenvalue weighted by Crippen LogP contribution is 2.29. The Balaban J connectivity index is 3.41. The molecule has 0 aliphatic rings. The molecule has 1 aromatic rings. The average Bonchev–Trinajstić information content (AvgIpc) is 2.03. The number of halogens is 2. The number of allylic oxidation sites excluding steroid dienone is 1. The molecular formula is C9H6Cl2O. The third-order valence-electron chi connectivity index (χ3n) is 1.49.